The molecule has 0 aliphatic heterocycles. The lowest BCUT2D eigenvalue weighted by Gasteiger charge is -2.36. The number of hydrogen-bond donors (Lipinski definition) is 1. The summed E-state index contributed by atoms with van der Waals surface area (Å²) in [6.07, 6.45) is 0.885. The van der Waals surface area contributed by atoms with E-state index in [9.17, 15) is 5.11 Å². The fourth-order valence-electron chi connectivity index (χ4n) is 0.989. The van der Waals surface area contributed by atoms with Crippen LogP contribution in [0.5, 0.6) is 0 Å². The summed E-state index contributed by atoms with van der Waals surface area (Å²) in [5.74, 6) is 5.67. The quantitative estimate of drug-likeness (QED) is 0.593. The van der Waals surface area contributed by atoms with Crippen LogP contribution in [0.2, 0.25) is 18.1 Å². The summed E-state index contributed by atoms with van der Waals surface area (Å²) in [5, 5.41) is 9.85. The van der Waals surface area contributed by atoms with E-state index in [1.807, 2.05) is 0 Å². The Balaban J connectivity index is 3.93. The maximum absolute atomic E-state index is 9.61. The monoisotopic (exact) mass is 242 g/mol. The Morgan fingerprint density at radius 1 is 1.31 bits per heavy atom. The van der Waals surface area contributed by atoms with Crippen molar-refractivity contribution >= 4 is 8.32 Å². The van der Waals surface area contributed by atoms with Crippen molar-refractivity contribution in [2.75, 3.05) is 6.61 Å². The maximum Gasteiger partial charge on any atom is 0.191 e. The maximum atomic E-state index is 9.61. The smallest absolute Gasteiger partial charge is 0.191 e. The molecular weight excluding hydrogens is 216 g/mol. The van der Waals surface area contributed by atoms with E-state index >= 15 is 0 Å². The van der Waals surface area contributed by atoms with Gasteiger partial charge in [-0.25, -0.2) is 0 Å². The molecule has 0 aromatic carbocycles. The van der Waals surface area contributed by atoms with E-state index in [1.54, 1.807) is 6.92 Å². The van der Waals surface area contributed by atoms with E-state index in [-0.39, 0.29) is 11.1 Å². The van der Waals surface area contributed by atoms with Gasteiger partial charge < -0.3 is 9.53 Å². The van der Waals surface area contributed by atoms with Crippen molar-refractivity contribution in [1.82, 2.24) is 0 Å². The van der Waals surface area contributed by atoms with Crippen LogP contribution in [0.15, 0.2) is 0 Å². The summed E-state index contributed by atoms with van der Waals surface area (Å²) in [7, 11) is -1.65. The van der Waals surface area contributed by atoms with Gasteiger partial charge in [-0.1, -0.05) is 20.8 Å². The lowest BCUT2D eigenvalue weighted by molar-refractivity contribution is 0.139. The molecule has 1 N–H and O–H groups in total. The molecule has 3 heteroatoms. The molecule has 0 aromatic heterocycles. The zero-order valence-corrected chi connectivity index (χ0v) is 12.6. The molecule has 0 rings (SSSR count). The first-order chi connectivity index (χ1) is 7.20. The van der Waals surface area contributed by atoms with Crippen LogP contribution in [0.1, 0.15) is 40.5 Å². The van der Waals surface area contributed by atoms with Crippen molar-refractivity contribution in [3.63, 3.8) is 0 Å². The highest BCUT2D eigenvalue weighted by Crippen LogP contribution is 2.36. The van der Waals surface area contributed by atoms with Gasteiger partial charge in [0.2, 0.25) is 0 Å². The Morgan fingerprint density at radius 2 is 1.88 bits per heavy atom. The Labute approximate surface area is 102 Å². The van der Waals surface area contributed by atoms with Gasteiger partial charge in [-0.15, -0.1) is 11.8 Å². The molecule has 0 saturated heterocycles. The van der Waals surface area contributed by atoms with Crippen LogP contribution in [0.4, 0.5) is 0 Å². The zero-order chi connectivity index (χ0) is 12.8. The summed E-state index contributed by atoms with van der Waals surface area (Å²) < 4.78 is 5.98. The van der Waals surface area contributed by atoms with Crippen LogP contribution in [-0.4, -0.2) is 26.1 Å². The lowest BCUT2D eigenvalue weighted by Crippen LogP contribution is -2.41. The van der Waals surface area contributed by atoms with Crippen molar-refractivity contribution in [3.8, 4) is 11.8 Å². The summed E-state index contributed by atoms with van der Waals surface area (Å²) in [6.45, 7) is 13.5. The molecule has 0 aliphatic rings. The topological polar surface area (TPSA) is 29.5 Å². The second-order valence-electron chi connectivity index (χ2n) is 5.68. The van der Waals surface area contributed by atoms with E-state index in [2.05, 4.69) is 45.7 Å². The molecule has 0 fully saturated rings. The molecule has 16 heavy (non-hydrogen) atoms. The van der Waals surface area contributed by atoms with Crippen molar-refractivity contribution < 1.29 is 9.53 Å². The van der Waals surface area contributed by atoms with Gasteiger partial charge in [0.05, 0.1) is 6.10 Å². The molecule has 1 atom stereocenters. The first kappa shape index (κ1) is 15.7. The van der Waals surface area contributed by atoms with Gasteiger partial charge in [-0.3, -0.25) is 0 Å². The minimum atomic E-state index is -1.65. The van der Waals surface area contributed by atoms with Crippen LogP contribution in [0, 0.1) is 11.8 Å². The Bertz CT molecular complexity index is 255. The van der Waals surface area contributed by atoms with E-state index in [0.717, 1.165) is 0 Å². The fourth-order valence-corrected chi connectivity index (χ4v) is 2.05. The van der Waals surface area contributed by atoms with Crippen molar-refractivity contribution in [2.45, 2.75) is 64.8 Å². The summed E-state index contributed by atoms with van der Waals surface area (Å²) in [6, 6.07) is 0. The molecule has 0 bridgehead atoms. The third kappa shape index (κ3) is 5.69. The predicted octanol–water partition coefficient (Wildman–Crippen LogP) is 3.17. The van der Waals surface area contributed by atoms with E-state index < -0.39 is 8.32 Å². The highest BCUT2D eigenvalue weighted by molar-refractivity contribution is 6.74. The van der Waals surface area contributed by atoms with Crippen LogP contribution in [-0.2, 0) is 4.43 Å². The molecular formula is C13H26O2Si. The van der Waals surface area contributed by atoms with Gasteiger partial charge in [-0.05, 0) is 31.5 Å². The van der Waals surface area contributed by atoms with E-state index in [4.69, 9.17) is 4.43 Å². The molecule has 0 saturated carbocycles. The minimum Gasteiger partial charge on any atom is -0.417 e. The second kappa shape index (κ2) is 6.44. The highest BCUT2D eigenvalue weighted by Gasteiger charge is 2.36. The number of rotatable bonds is 5. The number of aliphatic hydroxyl groups is 1. The fraction of sp³-hybridized carbons (Fsp3) is 0.846. The first-order valence-corrected chi connectivity index (χ1v) is 8.83. The normalized spacial score (nSPS) is 14.2. The Kier molecular flexibility index (Phi) is 6.31. The standard InChI is InChI=1S/C13H26O2Si/c1-7-8-9-12(14)10-11-15-16(5,6)13(2,3)4/h12,14H,9-11H2,1-6H3/t12-/m0/s1. The molecule has 94 valence electrons. The minimum absolute atomic E-state index is 0.237. The summed E-state index contributed by atoms with van der Waals surface area (Å²) >= 11 is 0. The third-order valence-corrected chi connectivity index (χ3v) is 7.77. The average molecular weight is 242 g/mol. The van der Waals surface area contributed by atoms with E-state index in [0.29, 0.717) is 19.4 Å². The largest absolute Gasteiger partial charge is 0.417 e. The first-order valence-electron chi connectivity index (χ1n) is 5.92. The molecule has 0 aliphatic carbocycles. The Morgan fingerprint density at radius 3 is 2.31 bits per heavy atom. The SMILES string of the molecule is CC#CC[C@H](O)CCO[Si](C)(C)C(C)(C)C. The van der Waals surface area contributed by atoms with Crippen LogP contribution in [0.3, 0.4) is 0 Å². The van der Waals surface area contributed by atoms with Crippen molar-refractivity contribution in [3.05, 3.63) is 0 Å². The van der Waals surface area contributed by atoms with Gasteiger partial charge in [0.25, 0.3) is 0 Å². The van der Waals surface area contributed by atoms with Crippen LogP contribution in [0.25, 0.3) is 0 Å². The van der Waals surface area contributed by atoms with Gasteiger partial charge in [0.15, 0.2) is 8.32 Å². The number of hydrogen-bond acceptors (Lipinski definition) is 2. The third-order valence-electron chi connectivity index (χ3n) is 3.23. The van der Waals surface area contributed by atoms with Gasteiger partial charge in [0, 0.05) is 13.0 Å². The van der Waals surface area contributed by atoms with E-state index in [1.165, 1.54) is 0 Å². The Hall–Kier alpha value is -0.303. The highest BCUT2D eigenvalue weighted by atomic mass is 28.4. The average Bonchev–Trinajstić information content (AvgIpc) is 2.12. The van der Waals surface area contributed by atoms with Crippen molar-refractivity contribution in [2.24, 2.45) is 0 Å². The molecule has 2 nitrogen and oxygen atoms in total. The van der Waals surface area contributed by atoms with Crippen molar-refractivity contribution in [1.29, 1.82) is 0 Å². The molecule has 0 aromatic rings. The second-order valence-corrected chi connectivity index (χ2v) is 10.5. The summed E-state index contributed by atoms with van der Waals surface area (Å²) in [5.41, 5.74) is 0. The predicted molar refractivity (Wildman–Crippen MR) is 71.8 cm³/mol. The van der Waals surface area contributed by atoms with Crippen LogP contribution < -0.4 is 0 Å². The summed E-state index contributed by atoms with van der Waals surface area (Å²) in [4.78, 5) is 0. The molecule has 0 spiro atoms. The lowest BCUT2D eigenvalue weighted by atomic mass is 10.2. The molecule has 0 radical (unpaired) electrons. The van der Waals surface area contributed by atoms with Crippen LogP contribution >= 0.6 is 0 Å². The molecule has 0 unspecified atom stereocenters. The van der Waals surface area contributed by atoms with Gasteiger partial charge in [-0.2, -0.15) is 0 Å². The molecule has 0 amide bonds. The number of aliphatic hydroxyl groups excluding tert-OH is 1. The zero-order valence-electron chi connectivity index (χ0n) is 11.6. The van der Waals surface area contributed by atoms with Gasteiger partial charge in [0.1, 0.15) is 0 Å². The van der Waals surface area contributed by atoms with Gasteiger partial charge >= 0.3 is 0 Å². The molecule has 0 heterocycles.